The monoisotopic (exact) mass is 273 g/mol. The zero-order chi connectivity index (χ0) is 13.9. The van der Waals surface area contributed by atoms with Crippen molar-refractivity contribution in [2.24, 2.45) is 0 Å². The Kier molecular flexibility index (Phi) is 3.28. The summed E-state index contributed by atoms with van der Waals surface area (Å²) in [6, 6.07) is 5.74. The lowest BCUT2D eigenvalue weighted by atomic mass is 10.2. The maximum Gasteiger partial charge on any atom is 0.231 e. The standard InChI is InChI=1S/C14H15N3O3/c1-9-13(15-2)16-7-17-14(9)18-6-10-3-4-11-12(5-10)20-8-19-11/h3-5,7H,6,8H2,1-2H3,(H,15,16,17). The number of rotatable bonds is 4. The minimum Gasteiger partial charge on any atom is -0.472 e. The van der Waals surface area contributed by atoms with Gasteiger partial charge in [-0.25, -0.2) is 9.97 Å². The molecule has 1 N–H and O–H groups in total. The van der Waals surface area contributed by atoms with E-state index in [0.717, 1.165) is 28.4 Å². The molecular weight excluding hydrogens is 258 g/mol. The van der Waals surface area contributed by atoms with E-state index in [4.69, 9.17) is 14.2 Å². The number of ether oxygens (including phenoxy) is 3. The number of benzene rings is 1. The van der Waals surface area contributed by atoms with Crippen molar-refractivity contribution in [3.63, 3.8) is 0 Å². The van der Waals surface area contributed by atoms with Crippen molar-refractivity contribution < 1.29 is 14.2 Å². The molecule has 1 aromatic heterocycles. The molecule has 0 amide bonds. The Morgan fingerprint density at radius 2 is 2.10 bits per heavy atom. The summed E-state index contributed by atoms with van der Waals surface area (Å²) in [5.74, 6) is 2.86. The molecular formula is C14H15N3O3. The van der Waals surface area contributed by atoms with E-state index in [-0.39, 0.29) is 6.79 Å². The Labute approximate surface area is 116 Å². The third-order valence-corrected chi connectivity index (χ3v) is 3.09. The third-order valence-electron chi connectivity index (χ3n) is 3.09. The van der Waals surface area contributed by atoms with Gasteiger partial charge in [-0.15, -0.1) is 0 Å². The van der Waals surface area contributed by atoms with E-state index in [1.54, 1.807) is 0 Å². The van der Waals surface area contributed by atoms with Gasteiger partial charge in [-0.2, -0.15) is 0 Å². The van der Waals surface area contributed by atoms with E-state index in [2.05, 4.69) is 15.3 Å². The van der Waals surface area contributed by atoms with Crippen molar-refractivity contribution in [3.05, 3.63) is 35.7 Å². The maximum absolute atomic E-state index is 5.74. The van der Waals surface area contributed by atoms with Crippen LogP contribution in [0.25, 0.3) is 0 Å². The van der Waals surface area contributed by atoms with Crippen molar-refractivity contribution >= 4 is 5.82 Å². The van der Waals surface area contributed by atoms with Crippen LogP contribution in [0.1, 0.15) is 11.1 Å². The highest BCUT2D eigenvalue weighted by atomic mass is 16.7. The summed E-state index contributed by atoms with van der Waals surface area (Å²) in [4.78, 5) is 8.27. The predicted octanol–water partition coefficient (Wildman–Crippen LogP) is 2.13. The van der Waals surface area contributed by atoms with Gasteiger partial charge in [0.15, 0.2) is 11.5 Å². The van der Waals surface area contributed by atoms with Gasteiger partial charge >= 0.3 is 0 Å². The van der Waals surface area contributed by atoms with E-state index in [1.807, 2.05) is 32.2 Å². The summed E-state index contributed by atoms with van der Waals surface area (Å²) in [5, 5.41) is 3.00. The summed E-state index contributed by atoms with van der Waals surface area (Å²) >= 11 is 0. The van der Waals surface area contributed by atoms with Crippen LogP contribution < -0.4 is 19.5 Å². The van der Waals surface area contributed by atoms with E-state index in [1.165, 1.54) is 6.33 Å². The molecule has 2 aromatic rings. The Morgan fingerprint density at radius 1 is 1.25 bits per heavy atom. The zero-order valence-corrected chi connectivity index (χ0v) is 11.3. The maximum atomic E-state index is 5.74. The van der Waals surface area contributed by atoms with Gasteiger partial charge < -0.3 is 19.5 Å². The molecule has 104 valence electrons. The largest absolute Gasteiger partial charge is 0.472 e. The van der Waals surface area contributed by atoms with E-state index in [0.29, 0.717) is 12.5 Å². The SMILES string of the molecule is CNc1ncnc(OCc2ccc3c(c2)OCO3)c1C. The van der Waals surface area contributed by atoms with Crippen LogP contribution in [0, 0.1) is 6.92 Å². The lowest BCUT2D eigenvalue weighted by Crippen LogP contribution is -2.03. The Balaban J connectivity index is 1.73. The first kappa shape index (κ1) is 12.5. The van der Waals surface area contributed by atoms with Crippen molar-refractivity contribution in [2.75, 3.05) is 19.2 Å². The van der Waals surface area contributed by atoms with Gasteiger partial charge in [0.05, 0.1) is 5.56 Å². The first-order valence-electron chi connectivity index (χ1n) is 6.28. The number of nitrogens with one attached hydrogen (secondary N) is 1. The first-order chi connectivity index (χ1) is 9.78. The normalized spacial score (nSPS) is 12.3. The van der Waals surface area contributed by atoms with E-state index < -0.39 is 0 Å². The van der Waals surface area contributed by atoms with Crippen LogP contribution in [0.3, 0.4) is 0 Å². The summed E-state index contributed by atoms with van der Waals surface area (Å²) in [6.07, 6.45) is 1.48. The molecule has 1 aromatic carbocycles. The number of anilines is 1. The Bertz CT molecular complexity index is 631. The molecule has 3 rings (SSSR count). The molecule has 0 saturated carbocycles. The first-order valence-corrected chi connectivity index (χ1v) is 6.28. The molecule has 0 spiro atoms. The number of aromatic nitrogens is 2. The summed E-state index contributed by atoms with van der Waals surface area (Å²) in [5.41, 5.74) is 1.88. The third kappa shape index (κ3) is 2.32. The van der Waals surface area contributed by atoms with Gasteiger partial charge in [0.2, 0.25) is 12.7 Å². The van der Waals surface area contributed by atoms with Crippen LogP contribution in [-0.4, -0.2) is 23.8 Å². The average molecular weight is 273 g/mol. The van der Waals surface area contributed by atoms with Crippen molar-refractivity contribution in [1.82, 2.24) is 9.97 Å². The second-order valence-corrected chi connectivity index (χ2v) is 4.38. The molecule has 0 saturated heterocycles. The molecule has 20 heavy (non-hydrogen) atoms. The molecule has 6 nitrogen and oxygen atoms in total. The van der Waals surface area contributed by atoms with Crippen LogP contribution in [0.15, 0.2) is 24.5 Å². The van der Waals surface area contributed by atoms with Gasteiger partial charge in [-0.05, 0) is 24.6 Å². The highest BCUT2D eigenvalue weighted by Gasteiger charge is 2.14. The topological polar surface area (TPSA) is 65.5 Å². The van der Waals surface area contributed by atoms with Crippen molar-refractivity contribution in [3.8, 4) is 17.4 Å². The summed E-state index contributed by atoms with van der Waals surface area (Å²) in [7, 11) is 1.82. The van der Waals surface area contributed by atoms with Gasteiger partial charge in [0, 0.05) is 7.05 Å². The molecule has 0 bridgehead atoms. The fourth-order valence-corrected chi connectivity index (χ4v) is 2.01. The summed E-state index contributed by atoms with van der Waals surface area (Å²) in [6.45, 7) is 2.61. The van der Waals surface area contributed by atoms with Crippen molar-refractivity contribution in [2.45, 2.75) is 13.5 Å². The van der Waals surface area contributed by atoms with Crippen LogP contribution in [-0.2, 0) is 6.61 Å². The molecule has 0 fully saturated rings. The molecule has 1 aliphatic rings. The molecule has 6 heteroatoms. The zero-order valence-electron chi connectivity index (χ0n) is 11.3. The fourth-order valence-electron chi connectivity index (χ4n) is 2.01. The molecule has 0 aliphatic carbocycles. The number of hydrogen-bond donors (Lipinski definition) is 1. The molecule has 1 aliphatic heterocycles. The molecule has 0 radical (unpaired) electrons. The fraction of sp³-hybridized carbons (Fsp3) is 0.286. The van der Waals surface area contributed by atoms with Gasteiger partial charge in [0.25, 0.3) is 0 Å². The average Bonchev–Trinajstić information content (AvgIpc) is 2.93. The summed E-state index contributed by atoms with van der Waals surface area (Å²) < 4.78 is 16.3. The predicted molar refractivity (Wildman–Crippen MR) is 73.2 cm³/mol. The van der Waals surface area contributed by atoms with Gasteiger partial charge in [-0.1, -0.05) is 6.07 Å². The van der Waals surface area contributed by atoms with E-state index >= 15 is 0 Å². The molecule has 0 unspecified atom stereocenters. The lowest BCUT2D eigenvalue weighted by Gasteiger charge is -2.10. The Hall–Kier alpha value is -2.50. The van der Waals surface area contributed by atoms with E-state index in [9.17, 15) is 0 Å². The molecule has 2 heterocycles. The number of nitrogens with zero attached hydrogens (tertiary/aromatic N) is 2. The van der Waals surface area contributed by atoms with Crippen LogP contribution >= 0.6 is 0 Å². The minimum absolute atomic E-state index is 0.274. The second kappa shape index (κ2) is 5.24. The molecule has 0 atom stereocenters. The van der Waals surface area contributed by atoms with Crippen LogP contribution in [0.2, 0.25) is 0 Å². The Morgan fingerprint density at radius 3 is 2.95 bits per heavy atom. The van der Waals surface area contributed by atoms with Crippen molar-refractivity contribution in [1.29, 1.82) is 0 Å². The smallest absolute Gasteiger partial charge is 0.231 e. The highest BCUT2D eigenvalue weighted by molar-refractivity contribution is 5.47. The number of fused-ring (bicyclic) bond motifs is 1. The minimum atomic E-state index is 0.274. The van der Waals surface area contributed by atoms with Crippen LogP contribution in [0.5, 0.6) is 17.4 Å². The second-order valence-electron chi connectivity index (χ2n) is 4.38. The van der Waals surface area contributed by atoms with Gasteiger partial charge in [-0.3, -0.25) is 0 Å². The van der Waals surface area contributed by atoms with Crippen LogP contribution in [0.4, 0.5) is 5.82 Å². The highest BCUT2D eigenvalue weighted by Crippen LogP contribution is 2.32. The lowest BCUT2D eigenvalue weighted by molar-refractivity contribution is 0.174. The quantitative estimate of drug-likeness (QED) is 0.920. The van der Waals surface area contributed by atoms with Gasteiger partial charge in [0.1, 0.15) is 18.8 Å². The number of hydrogen-bond acceptors (Lipinski definition) is 6.